The van der Waals surface area contributed by atoms with Gasteiger partial charge >= 0.3 is 0 Å². The van der Waals surface area contributed by atoms with Gasteiger partial charge in [0.2, 0.25) is 0 Å². The minimum Gasteiger partial charge on any atom is -0.299 e. The molecule has 1 heteroatoms. The van der Waals surface area contributed by atoms with Gasteiger partial charge in [0.15, 0.2) is 0 Å². The molecule has 0 aliphatic carbocycles. The van der Waals surface area contributed by atoms with E-state index in [-0.39, 0.29) is 0 Å². The molecule has 0 aliphatic heterocycles. The molecule has 1 unspecified atom stereocenters. The molecule has 0 fully saturated rings. The average molecular weight is 154 g/mol. The zero-order valence-electron chi connectivity index (χ0n) is 7.76. The highest BCUT2D eigenvalue weighted by Crippen LogP contribution is 2.13. The summed E-state index contributed by atoms with van der Waals surface area (Å²) in [6, 6.07) is 0. The molecule has 0 saturated carbocycles. The van der Waals surface area contributed by atoms with Gasteiger partial charge in [-0.1, -0.05) is 25.8 Å². The van der Waals surface area contributed by atoms with Crippen molar-refractivity contribution < 1.29 is 4.79 Å². The number of hydrogen-bond acceptors (Lipinski definition) is 1. The maximum absolute atomic E-state index is 10.1. The number of carbonyl (C=O) groups is 1. The van der Waals surface area contributed by atoms with Gasteiger partial charge in [0.05, 0.1) is 0 Å². The van der Waals surface area contributed by atoms with Crippen LogP contribution in [0, 0.1) is 5.92 Å². The summed E-state index contributed by atoms with van der Waals surface area (Å²) in [5, 5.41) is 0. The van der Waals surface area contributed by atoms with Crippen molar-refractivity contribution in [3.05, 3.63) is 11.6 Å². The largest absolute Gasteiger partial charge is 0.299 e. The van der Waals surface area contributed by atoms with Crippen LogP contribution in [-0.4, -0.2) is 6.29 Å². The molecule has 0 bridgehead atoms. The van der Waals surface area contributed by atoms with E-state index in [0.717, 1.165) is 18.6 Å². The third-order valence-electron chi connectivity index (χ3n) is 2.08. The van der Waals surface area contributed by atoms with E-state index < -0.39 is 0 Å². The van der Waals surface area contributed by atoms with Crippen LogP contribution >= 0.6 is 0 Å². The molecule has 0 N–H and O–H groups in total. The van der Waals surface area contributed by atoms with E-state index in [1.807, 2.05) is 6.92 Å². The summed E-state index contributed by atoms with van der Waals surface area (Å²) in [6.07, 6.45) is 6.02. The van der Waals surface area contributed by atoms with Gasteiger partial charge in [0.25, 0.3) is 0 Å². The van der Waals surface area contributed by atoms with Crippen molar-refractivity contribution in [1.29, 1.82) is 0 Å². The molecular formula is C10H18O. The smallest absolute Gasteiger partial charge is 0.142 e. The highest BCUT2D eigenvalue weighted by atomic mass is 16.1. The van der Waals surface area contributed by atoms with E-state index in [1.54, 1.807) is 6.08 Å². The Morgan fingerprint density at radius 2 is 2.18 bits per heavy atom. The average Bonchev–Trinajstić information content (AvgIpc) is 2.01. The van der Waals surface area contributed by atoms with Gasteiger partial charge < -0.3 is 0 Å². The minimum absolute atomic E-state index is 0.782. The fourth-order valence-corrected chi connectivity index (χ4v) is 0.878. The molecule has 0 heterocycles. The van der Waals surface area contributed by atoms with Crippen LogP contribution in [0.3, 0.4) is 0 Å². The first-order valence-corrected chi connectivity index (χ1v) is 4.31. The van der Waals surface area contributed by atoms with Crippen molar-refractivity contribution >= 4 is 6.29 Å². The monoisotopic (exact) mass is 154 g/mol. The minimum atomic E-state index is 0.782. The lowest BCUT2D eigenvalue weighted by Crippen LogP contribution is -1.92. The van der Waals surface area contributed by atoms with E-state index in [2.05, 4.69) is 13.8 Å². The maximum Gasteiger partial charge on any atom is 0.142 e. The van der Waals surface area contributed by atoms with Gasteiger partial charge in [-0.3, -0.25) is 4.79 Å². The zero-order valence-corrected chi connectivity index (χ0v) is 7.76. The molecule has 1 atom stereocenters. The van der Waals surface area contributed by atoms with Crippen LogP contribution in [0.25, 0.3) is 0 Å². The number of carbonyl (C=O) groups excluding carboxylic acids is 1. The normalized spacial score (nSPS) is 14.6. The van der Waals surface area contributed by atoms with Crippen LogP contribution < -0.4 is 0 Å². The van der Waals surface area contributed by atoms with Crippen LogP contribution in [0.1, 0.15) is 40.0 Å². The Labute approximate surface area is 69.5 Å². The van der Waals surface area contributed by atoms with Gasteiger partial charge in [0.1, 0.15) is 6.29 Å². The van der Waals surface area contributed by atoms with Gasteiger partial charge in [-0.25, -0.2) is 0 Å². The fraction of sp³-hybridized carbons (Fsp3) is 0.700. The summed E-state index contributed by atoms with van der Waals surface area (Å²) in [5.74, 6) is 0.782. The first kappa shape index (κ1) is 10.4. The number of rotatable bonds is 5. The molecule has 11 heavy (non-hydrogen) atoms. The van der Waals surface area contributed by atoms with Crippen molar-refractivity contribution in [2.24, 2.45) is 5.92 Å². The van der Waals surface area contributed by atoms with Crippen molar-refractivity contribution in [2.45, 2.75) is 40.0 Å². The van der Waals surface area contributed by atoms with Gasteiger partial charge in [-0.05, 0) is 31.8 Å². The third kappa shape index (κ3) is 5.84. The first-order chi connectivity index (χ1) is 5.20. The molecule has 0 aliphatic rings. The topological polar surface area (TPSA) is 17.1 Å². The molecule has 0 aromatic rings. The first-order valence-electron chi connectivity index (χ1n) is 4.31. The Morgan fingerprint density at radius 3 is 2.64 bits per heavy atom. The van der Waals surface area contributed by atoms with Crippen molar-refractivity contribution in [1.82, 2.24) is 0 Å². The summed E-state index contributed by atoms with van der Waals surface area (Å²) in [4.78, 5) is 10.1. The quantitative estimate of drug-likeness (QED) is 0.439. The van der Waals surface area contributed by atoms with Crippen molar-refractivity contribution in [2.75, 3.05) is 0 Å². The molecule has 0 aromatic carbocycles. The molecule has 1 nitrogen and oxygen atoms in total. The third-order valence-corrected chi connectivity index (χ3v) is 2.08. The van der Waals surface area contributed by atoms with Crippen LogP contribution in [0.5, 0.6) is 0 Å². The summed E-state index contributed by atoms with van der Waals surface area (Å²) in [5.41, 5.74) is 1.19. The molecule has 0 radical (unpaired) electrons. The number of allylic oxidation sites excluding steroid dienone is 2. The Balaban J connectivity index is 3.52. The van der Waals surface area contributed by atoms with E-state index >= 15 is 0 Å². The lowest BCUT2D eigenvalue weighted by atomic mass is 10.00. The summed E-state index contributed by atoms with van der Waals surface area (Å²) in [7, 11) is 0. The van der Waals surface area contributed by atoms with Crippen LogP contribution in [0.2, 0.25) is 0 Å². The second-order valence-corrected chi connectivity index (χ2v) is 3.20. The number of aldehydes is 1. The van der Waals surface area contributed by atoms with Crippen LogP contribution in [0.4, 0.5) is 0 Å². The van der Waals surface area contributed by atoms with Gasteiger partial charge in [-0.15, -0.1) is 0 Å². The molecule has 0 rings (SSSR count). The highest BCUT2D eigenvalue weighted by Gasteiger charge is 1.98. The van der Waals surface area contributed by atoms with Crippen LogP contribution in [0.15, 0.2) is 11.6 Å². The van der Waals surface area contributed by atoms with Gasteiger partial charge in [0, 0.05) is 0 Å². The zero-order chi connectivity index (χ0) is 8.69. The van der Waals surface area contributed by atoms with E-state index in [1.165, 1.54) is 18.4 Å². The molecular weight excluding hydrogens is 136 g/mol. The molecule has 0 spiro atoms. The Bertz CT molecular complexity index is 136. The van der Waals surface area contributed by atoms with E-state index in [4.69, 9.17) is 0 Å². The second kappa shape index (κ2) is 6.14. The predicted octanol–water partition coefficient (Wildman–Crippen LogP) is 2.96. The van der Waals surface area contributed by atoms with Gasteiger partial charge in [-0.2, -0.15) is 0 Å². The Hall–Kier alpha value is -0.590. The molecule has 0 amide bonds. The summed E-state index contributed by atoms with van der Waals surface area (Å²) >= 11 is 0. The summed E-state index contributed by atoms with van der Waals surface area (Å²) < 4.78 is 0. The summed E-state index contributed by atoms with van der Waals surface area (Å²) in [6.45, 7) is 6.45. The lowest BCUT2D eigenvalue weighted by molar-refractivity contribution is -0.104. The maximum atomic E-state index is 10.1. The van der Waals surface area contributed by atoms with E-state index in [0.29, 0.717) is 0 Å². The standard InChI is InChI=1S/C10H18O/c1-4-9(2)5-6-10(3)7-8-11/h7-9H,4-6H2,1-3H3/b10-7+. The van der Waals surface area contributed by atoms with Crippen LogP contribution in [-0.2, 0) is 4.79 Å². The predicted molar refractivity (Wildman–Crippen MR) is 48.5 cm³/mol. The molecule has 0 aromatic heterocycles. The van der Waals surface area contributed by atoms with Crippen molar-refractivity contribution in [3.63, 3.8) is 0 Å². The highest BCUT2D eigenvalue weighted by molar-refractivity contribution is 5.65. The SMILES string of the molecule is CCC(C)CC/C(C)=C/C=O. The fourth-order valence-electron chi connectivity index (χ4n) is 0.878. The molecule has 64 valence electrons. The second-order valence-electron chi connectivity index (χ2n) is 3.20. The van der Waals surface area contributed by atoms with Crippen molar-refractivity contribution in [3.8, 4) is 0 Å². The lowest BCUT2D eigenvalue weighted by Gasteiger charge is -2.06. The Morgan fingerprint density at radius 1 is 1.55 bits per heavy atom. The molecule has 0 saturated heterocycles. The number of hydrogen-bond donors (Lipinski definition) is 0. The Kier molecular flexibility index (Phi) is 5.81. The van der Waals surface area contributed by atoms with E-state index in [9.17, 15) is 4.79 Å².